The van der Waals surface area contributed by atoms with Crippen molar-refractivity contribution < 1.29 is 0 Å². The Hall–Kier alpha value is -1.07. The van der Waals surface area contributed by atoms with Gasteiger partial charge in [-0.05, 0) is 42.4 Å². The molecule has 1 spiro atoms. The maximum atomic E-state index is 8.95. The molecular formula is C22H33NSi. The van der Waals surface area contributed by atoms with E-state index in [-0.39, 0.29) is 0 Å². The predicted molar refractivity (Wildman–Crippen MR) is 105 cm³/mol. The van der Waals surface area contributed by atoms with Crippen molar-refractivity contribution >= 4 is 8.07 Å². The molecule has 2 aliphatic rings. The SMILES string of the molecule is CCCCCC1CC[Si]2(CC1)CCC(c1ccc(C#N)cc1)CC2. The molecule has 2 heterocycles. The van der Waals surface area contributed by atoms with E-state index in [1.807, 2.05) is 12.1 Å². The standard InChI is InChI=1S/C22H33NSi/c1-2-3-4-5-19-10-14-24(15-11-19)16-12-22(13-17-24)21-8-6-20(18-23)7-9-21/h6-9,19,22H,2-5,10-17H2,1H3. The van der Waals surface area contributed by atoms with E-state index in [0.29, 0.717) is 0 Å². The van der Waals surface area contributed by atoms with E-state index in [2.05, 4.69) is 25.1 Å². The molecule has 0 bridgehead atoms. The van der Waals surface area contributed by atoms with Crippen LogP contribution in [-0.4, -0.2) is 8.07 Å². The third-order valence-corrected chi connectivity index (χ3v) is 12.3. The van der Waals surface area contributed by atoms with Crippen LogP contribution in [0, 0.1) is 17.2 Å². The van der Waals surface area contributed by atoms with Crippen molar-refractivity contribution in [3.05, 3.63) is 35.4 Å². The van der Waals surface area contributed by atoms with Crippen LogP contribution in [0.25, 0.3) is 0 Å². The van der Waals surface area contributed by atoms with Crippen LogP contribution in [0.4, 0.5) is 0 Å². The Labute approximate surface area is 149 Å². The van der Waals surface area contributed by atoms with Crippen molar-refractivity contribution in [1.29, 1.82) is 5.26 Å². The second-order valence-corrected chi connectivity index (χ2v) is 13.4. The molecule has 0 amide bonds. The van der Waals surface area contributed by atoms with E-state index < -0.39 is 8.07 Å². The molecule has 0 atom stereocenters. The molecule has 0 unspecified atom stereocenters. The minimum atomic E-state index is -0.904. The van der Waals surface area contributed by atoms with Gasteiger partial charge in [0.15, 0.2) is 0 Å². The number of benzene rings is 1. The van der Waals surface area contributed by atoms with Gasteiger partial charge in [0.25, 0.3) is 0 Å². The Kier molecular flexibility index (Phi) is 6.17. The van der Waals surface area contributed by atoms with Crippen LogP contribution < -0.4 is 0 Å². The summed E-state index contributed by atoms with van der Waals surface area (Å²) in [7, 11) is -0.904. The Morgan fingerprint density at radius 1 is 0.958 bits per heavy atom. The lowest BCUT2D eigenvalue weighted by Gasteiger charge is -2.43. The van der Waals surface area contributed by atoms with Gasteiger partial charge >= 0.3 is 0 Å². The summed E-state index contributed by atoms with van der Waals surface area (Å²) in [6.07, 6.45) is 11.7. The molecule has 130 valence electrons. The molecule has 0 aliphatic carbocycles. The second kappa shape index (κ2) is 8.34. The fraction of sp³-hybridized carbons (Fsp3) is 0.682. The van der Waals surface area contributed by atoms with Crippen LogP contribution in [0.3, 0.4) is 0 Å². The number of nitriles is 1. The van der Waals surface area contributed by atoms with Crippen LogP contribution in [0.2, 0.25) is 24.2 Å². The Morgan fingerprint density at radius 2 is 1.58 bits per heavy atom. The average Bonchev–Trinajstić information content (AvgIpc) is 2.65. The van der Waals surface area contributed by atoms with Crippen LogP contribution in [0.5, 0.6) is 0 Å². The molecular weight excluding hydrogens is 306 g/mol. The normalized spacial score (nSPS) is 30.2. The zero-order valence-corrected chi connectivity index (χ0v) is 16.4. The lowest BCUT2D eigenvalue weighted by Crippen LogP contribution is -2.41. The summed E-state index contributed by atoms with van der Waals surface area (Å²) in [5, 5.41) is 8.95. The van der Waals surface area contributed by atoms with Crippen molar-refractivity contribution in [1.82, 2.24) is 0 Å². The Balaban J connectivity index is 1.47. The highest BCUT2D eigenvalue weighted by molar-refractivity contribution is 6.80. The zero-order valence-electron chi connectivity index (χ0n) is 15.4. The number of rotatable bonds is 5. The maximum absolute atomic E-state index is 8.95. The fourth-order valence-electron chi connectivity index (χ4n) is 5.15. The second-order valence-electron chi connectivity index (χ2n) is 8.45. The van der Waals surface area contributed by atoms with E-state index in [0.717, 1.165) is 17.4 Å². The van der Waals surface area contributed by atoms with E-state index >= 15 is 0 Å². The van der Waals surface area contributed by atoms with Crippen molar-refractivity contribution in [2.75, 3.05) is 0 Å². The first kappa shape index (κ1) is 17.7. The molecule has 2 aliphatic heterocycles. The van der Waals surface area contributed by atoms with Crippen molar-refractivity contribution in [3.8, 4) is 6.07 Å². The maximum Gasteiger partial charge on any atom is 0.0991 e. The van der Waals surface area contributed by atoms with Gasteiger partial charge in [-0.15, -0.1) is 0 Å². The number of hydrogen-bond donors (Lipinski definition) is 0. The monoisotopic (exact) mass is 339 g/mol. The quantitative estimate of drug-likeness (QED) is 0.424. The van der Waals surface area contributed by atoms with Crippen LogP contribution in [0.1, 0.15) is 75.3 Å². The van der Waals surface area contributed by atoms with Gasteiger partial charge in [0.2, 0.25) is 0 Å². The van der Waals surface area contributed by atoms with Gasteiger partial charge in [0.1, 0.15) is 0 Å². The minimum Gasteiger partial charge on any atom is -0.192 e. The van der Waals surface area contributed by atoms with Gasteiger partial charge in [-0.3, -0.25) is 0 Å². The molecule has 0 aromatic heterocycles. The van der Waals surface area contributed by atoms with E-state index in [1.165, 1.54) is 44.1 Å². The molecule has 1 aromatic carbocycles. The molecule has 2 saturated heterocycles. The molecule has 0 N–H and O–H groups in total. The van der Waals surface area contributed by atoms with Crippen molar-refractivity contribution in [3.63, 3.8) is 0 Å². The van der Waals surface area contributed by atoms with E-state index in [1.54, 1.807) is 37.0 Å². The highest BCUT2D eigenvalue weighted by Gasteiger charge is 2.40. The average molecular weight is 340 g/mol. The van der Waals surface area contributed by atoms with E-state index in [9.17, 15) is 0 Å². The van der Waals surface area contributed by atoms with Gasteiger partial charge in [-0.1, -0.05) is 81.8 Å². The van der Waals surface area contributed by atoms with Crippen LogP contribution >= 0.6 is 0 Å². The van der Waals surface area contributed by atoms with Crippen LogP contribution in [0.15, 0.2) is 24.3 Å². The van der Waals surface area contributed by atoms with Gasteiger partial charge in [0, 0.05) is 0 Å². The highest BCUT2D eigenvalue weighted by Crippen LogP contribution is 2.47. The summed E-state index contributed by atoms with van der Waals surface area (Å²) in [6.45, 7) is 2.31. The minimum absolute atomic E-state index is 0.762. The van der Waals surface area contributed by atoms with Crippen molar-refractivity contribution in [2.24, 2.45) is 5.92 Å². The third kappa shape index (κ3) is 4.31. The topological polar surface area (TPSA) is 23.8 Å². The lowest BCUT2D eigenvalue weighted by molar-refractivity contribution is 0.407. The highest BCUT2D eigenvalue weighted by atomic mass is 28.3. The van der Waals surface area contributed by atoms with E-state index in [4.69, 9.17) is 5.26 Å². The summed E-state index contributed by atoms with van der Waals surface area (Å²) < 4.78 is 0. The van der Waals surface area contributed by atoms with Gasteiger partial charge in [-0.25, -0.2) is 0 Å². The third-order valence-electron chi connectivity index (χ3n) is 6.94. The van der Waals surface area contributed by atoms with Crippen molar-refractivity contribution in [2.45, 2.75) is 88.4 Å². The first-order valence-corrected chi connectivity index (χ1v) is 13.1. The molecule has 3 rings (SSSR count). The van der Waals surface area contributed by atoms with Gasteiger partial charge in [0.05, 0.1) is 19.7 Å². The Bertz CT molecular complexity index is 538. The zero-order chi connectivity index (χ0) is 16.8. The summed E-state index contributed by atoms with van der Waals surface area (Å²) in [4.78, 5) is 0. The largest absolute Gasteiger partial charge is 0.192 e. The molecule has 0 radical (unpaired) electrons. The fourth-order valence-corrected chi connectivity index (χ4v) is 10.6. The number of nitrogens with zero attached hydrogens (tertiary/aromatic N) is 1. The first-order chi connectivity index (χ1) is 11.7. The molecule has 1 aromatic rings. The first-order valence-electron chi connectivity index (χ1n) is 10.2. The summed E-state index contributed by atoms with van der Waals surface area (Å²) >= 11 is 0. The van der Waals surface area contributed by atoms with Gasteiger partial charge in [-0.2, -0.15) is 5.26 Å². The van der Waals surface area contributed by atoms with Crippen LogP contribution in [-0.2, 0) is 0 Å². The molecule has 24 heavy (non-hydrogen) atoms. The number of unbranched alkanes of at least 4 members (excludes halogenated alkanes) is 2. The van der Waals surface area contributed by atoms with Gasteiger partial charge < -0.3 is 0 Å². The summed E-state index contributed by atoms with van der Waals surface area (Å²) in [5.74, 6) is 1.82. The molecule has 2 heteroatoms. The molecule has 0 saturated carbocycles. The summed E-state index contributed by atoms with van der Waals surface area (Å²) in [5.41, 5.74) is 2.27. The lowest BCUT2D eigenvalue weighted by atomic mass is 9.93. The molecule has 2 fully saturated rings. The smallest absolute Gasteiger partial charge is 0.0991 e. The Morgan fingerprint density at radius 3 is 2.17 bits per heavy atom. The number of hydrogen-bond acceptors (Lipinski definition) is 1. The summed E-state index contributed by atoms with van der Waals surface area (Å²) in [6, 6.07) is 17.0. The predicted octanol–water partition coefficient (Wildman–Crippen LogP) is 6.87. The molecule has 1 nitrogen and oxygen atoms in total.